The van der Waals surface area contributed by atoms with E-state index in [0.717, 1.165) is 0 Å². The Morgan fingerprint density at radius 3 is 2.33 bits per heavy atom. The lowest BCUT2D eigenvalue weighted by molar-refractivity contribution is -0.139. The summed E-state index contributed by atoms with van der Waals surface area (Å²) < 4.78 is 10.2. The first-order valence-electron chi connectivity index (χ1n) is 5.25. The minimum atomic E-state index is -1.01. The second-order valence-electron chi connectivity index (χ2n) is 3.50. The van der Waals surface area contributed by atoms with Crippen molar-refractivity contribution >= 4 is 5.97 Å². The summed E-state index contributed by atoms with van der Waals surface area (Å²) in [6.07, 6.45) is 5.11. The zero-order valence-electron chi connectivity index (χ0n) is 10.3. The number of aliphatic carboxylic acids is 1. The Balaban J connectivity index is 3.10. The van der Waals surface area contributed by atoms with Gasteiger partial charge in [0, 0.05) is 6.07 Å². The molecular weight excluding hydrogens is 234 g/mol. The van der Waals surface area contributed by atoms with Crippen molar-refractivity contribution in [1.82, 2.24) is 5.32 Å². The van der Waals surface area contributed by atoms with Gasteiger partial charge in [-0.15, -0.1) is 6.42 Å². The van der Waals surface area contributed by atoms with Gasteiger partial charge in [0.1, 0.15) is 17.5 Å². The van der Waals surface area contributed by atoms with Crippen molar-refractivity contribution in [2.75, 3.05) is 20.8 Å². The fourth-order valence-electron chi connectivity index (χ4n) is 1.50. The van der Waals surface area contributed by atoms with Crippen LogP contribution in [0, 0.1) is 12.3 Å². The van der Waals surface area contributed by atoms with E-state index in [1.807, 2.05) is 0 Å². The van der Waals surface area contributed by atoms with Crippen LogP contribution < -0.4 is 14.8 Å². The summed E-state index contributed by atoms with van der Waals surface area (Å²) in [6.45, 7) is 0.163. The Bertz CT molecular complexity index is 442. The molecule has 0 heterocycles. The van der Waals surface area contributed by atoms with Crippen LogP contribution in [0.15, 0.2) is 18.2 Å². The molecule has 0 aliphatic carbocycles. The summed E-state index contributed by atoms with van der Waals surface area (Å²) in [5, 5.41) is 11.9. The van der Waals surface area contributed by atoms with Gasteiger partial charge in [0.2, 0.25) is 0 Å². The largest absolute Gasteiger partial charge is 0.497 e. The molecule has 1 aromatic carbocycles. The highest BCUT2D eigenvalue weighted by Crippen LogP contribution is 2.26. The number of carboxylic acid groups (broad SMARTS) is 1. The van der Waals surface area contributed by atoms with Gasteiger partial charge in [-0.2, -0.15) is 0 Å². The SMILES string of the molecule is C#CCNC(C(=O)O)c1cc(OC)cc(OC)c1. The van der Waals surface area contributed by atoms with E-state index in [-0.39, 0.29) is 6.54 Å². The van der Waals surface area contributed by atoms with E-state index in [1.165, 1.54) is 14.2 Å². The van der Waals surface area contributed by atoms with Crippen molar-refractivity contribution in [3.63, 3.8) is 0 Å². The zero-order chi connectivity index (χ0) is 13.5. The zero-order valence-corrected chi connectivity index (χ0v) is 10.3. The Morgan fingerprint density at radius 2 is 1.94 bits per heavy atom. The third-order valence-electron chi connectivity index (χ3n) is 2.36. The summed E-state index contributed by atoms with van der Waals surface area (Å²) in [5.74, 6) is 2.38. The molecule has 96 valence electrons. The van der Waals surface area contributed by atoms with E-state index in [0.29, 0.717) is 17.1 Å². The number of methoxy groups -OCH3 is 2. The van der Waals surface area contributed by atoms with Crippen molar-refractivity contribution in [2.24, 2.45) is 0 Å². The number of carbonyl (C=O) groups is 1. The maximum Gasteiger partial charge on any atom is 0.325 e. The van der Waals surface area contributed by atoms with Crippen LogP contribution in [0.5, 0.6) is 11.5 Å². The predicted molar refractivity (Wildman–Crippen MR) is 66.8 cm³/mol. The van der Waals surface area contributed by atoms with E-state index < -0.39 is 12.0 Å². The Hall–Kier alpha value is -2.19. The van der Waals surface area contributed by atoms with Crippen LogP contribution in [0.3, 0.4) is 0 Å². The molecule has 0 saturated carbocycles. The standard InChI is InChI=1S/C13H15NO4/c1-4-5-14-12(13(15)16)9-6-10(17-2)8-11(7-9)18-3/h1,6-8,12,14H,5H2,2-3H3,(H,15,16). The van der Waals surface area contributed by atoms with E-state index in [9.17, 15) is 4.79 Å². The fraction of sp³-hybridized carbons (Fsp3) is 0.308. The monoisotopic (exact) mass is 249 g/mol. The van der Waals surface area contributed by atoms with Crippen molar-refractivity contribution in [3.05, 3.63) is 23.8 Å². The van der Waals surface area contributed by atoms with E-state index >= 15 is 0 Å². The molecule has 0 radical (unpaired) electrons. The molecule has 5 nitrogen and oxygen atoms in total. The molecule has 1 atom stereocenters. The van der Waals surface area contributed by atoms with Gasteiger partial charge in [-0.3, -0.25) is 10.1 Å². The number of nitrogens with one attached hydrogen (secondary N) is 1. The molecule has 0 amide bonds. The summed E-state index contributed by atoms with van der Waals surface area (Å²) >= 11 is 0. The summed E-state index contributed by atoms with van der Waals surface area (Å²) in [4.78, 5) is 11.2. The number of carboxylic acids is 1. The van der Waals surface area contributed by atoms with Crippen LogP contribution in [-0.2, 0) is 4.79 Å². The molecule has 0 aliphatic rings. The van der Waals surface area contributed by atoms with Crippen LogP contribution in [0.2, 0.25) is 0 Å². The number of hydrogen-bond donors (Lipinski definition) is 2. The Labute approximate surface area is 106 Å². The highest BCUT2D eigenvalue weighted by Gasteiger charge is 2.20. The van der Waals surface area contributed by atoms with Gasteiger partial charge in [-0.1, -0.05) is 5.92 Å². The molecule has 0 spiro atoms. The molecule has 5 heteroatoms. The Morgan fingerprint density at radius 1 is 1.39 bits per heavy atom. The molecular formula is C13H15NO4. The molecule has 2 N–H and O–H groups in total. The first-order chi connectivity index (χ1) is 8.62. The van der Waals surface area contributed by atoms with Crippen molar-refractivity contribution < 1.29 is 19.4 Å². The van der Waals surface area contributed by atoms with Gasteiger partial charge in [0.05, 0.1) is 20.8 Å². The van der Waals surface area contributed by atoms with Crippen LogP contribution in [-0.4, -0.2) is 31.8 Å². The van der Waals surface area contributed by atoms with Gasteiger partial charge in [-0.05, 0) is 17.7 Å². The van der Waals surface area contributed by atoms with Crippen LogP contribution in [0.25, 0.3) is 0 Å². The lowest BCUT2D eigenvalue weighted by atomic mass is 10.1. The van der Waals surface area contributed by atoms with Crippen LogP contribution in [0.4, 0.5) is 0 Å². The molecule has 18 heavy (non-hydrogen) atoms. The molecule has 0 aliphatic heterocycles. The Kier molecular flexibility index (Phi) is 5.03. The highest BCUT2D eigenvalue weighted by molar-refractivity contribution is 5.76. The van der Waals surface area contributed by atoms with Gasteiger partial charge in [0.25, 0.3) is 0 Å². The first kappa shape index (κ1) is 13.9. The maximum atomic E-state index is 11.2. The van der Waals surface area contributed by atoms with Crippen LogP contribution in [0.1, 0.15) is 11.6 Å². The quantitative estimate of drug-likeness (QED) is 0.738. The number of rotatable bonds is 6. The molecule has 0 saturated heterocycles. The van der Waals surface area contributed by atoms with Crippen molar-refractivity contribution in [1.29, 1.82) is 0 Å². The molecule has 0 bridgehead atoms. The number of ether oxygens (including phenoxy) is 2. The van der Waals surface area contributed by atoms with Gasteiger partial charge < -0.3 is 14.6 Å². The minimum Gasteiger partial charge on any atom is -0.497 e. The van der Waals surface area contributed by atoms with Gasteiger partial charge >= 0.3 is 5.97 Å². The number of terminal acetylenes is 1. The summed E-state index contributed by atoms with van der Waals surface area (Å²) in [5.41, 5.74) is 0.522. The third-order valence-corrected chi connectivity index (χ3v) is 2.36. The summed E-state index contributed by atoms with van der Waals surface area (Å²) in [7, 11) is 3.01. The topological polar surface area (TPSA) is 67.8 Å². The smallest absolute Gasteiger partial charge is 0.325 e. The van der Waals surface area contributed by atoms with E-state index in [1.54, 1.807) is 18.2 Å². The van der Waals surface area contributed by atoms with Crippen LogP contribution >= 0.6 is 0 Å². The molecule has 1 aromatic rings. The summed E-state index contributed by atoms with van der Waals surface area (Å²) in [6, 6.07) is 4.03. The number of hydrogen-bond acceptors (Lipinski definition) is 4. The van der Waals surface area contributed by atoms with E-state index in [2.05, 4.69) is 11.2 Å². The van der Waals surface area contributed by atoms with Gasteiger partial charge in [-0.25, -0.2) is 0 Å². The average Bonchev–Trinajstić information content (AvgIpc) is 2.38. The first-order valence-corrected chi connectivity index (χ1v) is 5.25. The second kappa shape index (κ2) is 6.52. The fourth-order valence-corrected chi connectivity index (χ4v) is 1.50. The minimum absolute atomic E-state index is 0.163. The maximum absolute atomic E-state index is 11.2. The lowest BCUT2D eigenvalue weighted by Crippen LogP contribution is -2.28. The van der Waals surface area contributed by atoms with Crippen molar-refractivity contribution in [3.8, 4) is 23.8 Å². The molecule has 1 unspecified atom stereocenters. The molecule has 0 fully saturated rings. The van der Waals surface area contributed by atoms with Gasteiger partial charge in [0.15, 0.2) is 0 Å². The van der Waals surface area contributed by atoms with Crippen molar-refractivity contribution in [2.45, 2.75) is 6.04 Å². The highest BCUT2D eigenvalue weighted by atomic mass is 16.5. The predicted octanol–water partition coefficient (Wildman–Crippen LogP) is 1.05. The average molecular weight is 249 g/mol. The second-order valence-corrected chi connectivity index (χ2v) is 3.50. The normalized spacial score (nSPS) is 11.4. The van der Waals surface area contributed by atoms with E-state index in [4.69, 9.17) is 21.0 Å². The molecule has 1 rings (SSSR count). The lowest BCUT2D eigenvalue weighted by Gasteiger charge is -2.15. The molecule has 0 aromatic heterocycles. The third kappa shape index (κ3) is 3.40. The number of benzene rings is 1.